The molecule has 1 aliphatic rings. The van der Waals surface area contributed by atoms with Crippen LogP contribution in [0.1, 0.15) is 16.7 Å². The van der Waals surface area contributed by atoms with Crippen molar-refractivity contribution in [3.63, 3.8) is 0 Å². The highest BCUT2D eigenvalue weighted by molar-refractivity contribution is 7.89. The summed E-state index contributed by atoms with van der Waals surface area (Å²) >= 11 is 0. The maximum atomic E-state index is 13.1. The minimum atomic E-state index is -3.52. The second-order valence-electron chi connectivity index (χ2n) is 7.38. The summed E-state index contributed by atoms with van der Waals surface area (Å²) in [7, 11) is -1.91. The molecule has 0 aliphatic carbocycles. The highest BCUT2D eigenvalue weighted by atomic mass is 32.2. The lowest BCUT2D eigenvalue weighted by Crippen LogP contribution is -2.48. The van der Waals surface area contributed by atoms with Gasteiger partial charge in [-0.1, -0.05) is 12.1 Å². The van der Waals surface area contributed by atoms with Crippen molar-refractivity contribution in [3.8, 4) is 5.75 Å². The Morgan fingerprint density at radius 2 is 1.66 bits per heavy atom. The van der Waals surface area contributed by atoms with Crippen molar-refractivity contribution < 1.29 is 17.9 Å². The maximum Gasteiger partial charge on any atom is 0.243 e. The van der Waals surface area contributed by atoms with Gasteiger partial charge in [-0.3, -0.25) is 0 Å². The van der Waals surface area contributed by atoms with Gasteiger partial charge in [-0.25, -0.2) is 8.42 Å². The molecule has 0 N–H and O–H groups in total. The summed E-state index contributed by atoms with van der Waals surface area (Å²) in [4.78, 5) is 2.58. The van der Waals surface area contributed by atoms with E-state index in [1.54, 1.807) is 29.6 Å². The molecule has 0 amide bonds. The van der Waals surface area contributed by atoms with Crippen LogP contribution in [0, 0.1) is 20.8 Å². The van der Waals surface area contributed by atoms with E-state index in [2.05, 4.69) is 36.9 Å². The molecule has 3 rings (SSSR count). The van der Waals surface area contributed by atoms with Crippen LogP contribution in [0.4, 0.5) is 5.69 Å². The molecule has 1 aliphatic heterocycles. The van der Waals surface area contributed by atoms with Gasteiger partial charge in [-0.05, 0) is 61.7 Å². The molecule has 0 unspecified atom stereocenters. The molecule has 0 saturated carbocycles. The first kappa shape index (κ1) is 21.6. The van der Waals surface area contributed by atoms with E-state index >= 15 is 0 Å². The van der Waals surface area contributed by atoms with Crippen LogP contribution >= 0.6 is 0 Å². The number of nitrogens with zero attached hydrogens (tertiary/aromatic N) is 2. The van der Waals surface area contributed by atoms with E-state index in [0.717, 1.165) is 5.56 Å². The average Bonchev–Trinajstić information content (AvgIpc) is 2.71. The lowest BCUT2D eigenvalue weighted by Gasteiger charge is -2.36. The Bertz CT molecular complexity index is 951. The van der Waals surface area contributed by atoms with Crippen molar-refractivity contribution in [2.75, 3.05) is 51.4 Å². The highest BCUT2D eigenvalue weighted by Crippen LogP contribution is 2.27. The third-order valence-corrected chi connectivity index (χ3v) is 7.38. The highest BCUT2D eigenvalue weighted by Gasteiger charge is 2.29. The molecule has 1 saturated heterocycles. The molecule has 7 heteroatoms. The number of hydrogen-bond acceptors (Lipinski definition) is 5. The van der Waals surface area contributed by atoms with Crippen LogP contribution in [0.5, 0.6) is 5.75 Å². The fourth-order valence-electron chi connectivity index (χ4n) is 3.58. The second kappa shape index (κ2) is 9.15. The Morgan fingerprint density at radius 1 is 0.931 bits per heavy atom. The number of ether oxygens (including phenoxy) is 2. The summed E-state index contributed by atoms with van der Waals surface area (Å²) in [5.74, 6) is 0.681. The van der Waals surface area contributed by atoms with Gasteiger partial charge in [-0.15, -0.1) is 0 Å². The molecule has 1 fully saturated rings. The van der Waals surface area contributed by atoms with E-state index in [0.29, 0.717) is 50.0 Å². The second-order valence-corrected chi connectivity index (χ2v) is 9.32. The minimum Gasteiger partial charge on any atom is -0.491 e. The summed E-state index contributed by atoms with van der Waals surface area (Å²) in [5, 5.41) is 0. The van der Waals surface area contributed by atoms with Crippen LogP contribution in [0.15, 0.2) is 41.3 Å². The molecule has 0 radical (unpaired) electrons. The molecule has 0 spiro atoms. The Balaban J connectivity index is 1.70. The summed E-state index contributed by atoms with van der Waals surface area (Å²) in [6.45, 7) is 9.31. The van der Waals surface area contributed by atoms with Crippen molar-refractivity contribution in [1.29, 1.82) is 0 Å². The minimum absolute atomic E-state index is 0.314. The van der Waals surface area contributed by atoms with Gasteiger partial charge >= 0.3 is 0 Å². The SMILES string of the molecule is COCCOc1ccc(S(=O)(=O)N2CCN(c3cccc(C)c3C)CC2)cc1C. The number of aryl methyl sites for hydroxylation is 2. The van der Waals surface area contributed by atoms with Gasteiger partial charge in [0, 0.05) is 39.0 Å². The van der Waals surface area contributed by atoms with Gasteiger partial charge in [0.2, 0.25) is 10.0 Å². The van der Waals surface area contributed by atoms with E-state index in [1.165, 1.54) is 16.8 Å². The van der Waals surface area contributed by atoms with Gasteiger partial charge in [0.1, 0.15) is 12.4 Å². The predicted octanol–water partition coefficient (Wildman–Crippen LogP) is 3.15. The summed E-state index contributed by atoms with van der Waals surface area (Å²) < 4.78 is 38.4. The van der Waals surface area contributed by atoms with E-state index < -0.39 is 10.0 Å². The van der Waals surface area contributed by atoms with Gasteiger partial charge < -0.3 is 14.4 Å². The largest absolute Gasteiger partial charge is 0.491 e. The van der Waals surface area contributed by atoms with Gasteiger partial charge in [0.15, 0.2) is 0 Å². The van der Waals surface area contributed by atoms with E-state index in [4.69, 9.17) is 9.47 Å². The maximum absolute atomic E-state index is 13.1. The number of methoxy groups -OCH3 is 1. The third-order valence-electron chi connectivity index (χ3n) is 5.48. The number of rotatable bonds is 7. The average molecular weight is 419 g/mol. The molecule has 0 aromatic heterocycles. The zero-order valence-electron chi connectivity index (χ0n) is 17.6. The summed E-state index contributed by atoms with van der Waals surface area (Å²) in [6.07, 6.45) is 0. The van der Waals surface area contributed by atoms with Crippen molar-refractivity contribution in [3.05, 3.63) is 53.1 Å². The van der Waals surface area contributed by atoms with Crippen molar-refractivity contribution in [2.24, 2.45) is 0 Å². The van der Waals surface area contributed by atoms with Crippen molar-refractivity contribution >= 4 is 15.7 Å². The Hall–Kier alpha value is -2.09. The van der Waals surface area contributed by atoms with Gasteiger partial charge in [0.05, 0.1) is 11.5 Å². The Morgan fingerprint density at radius 3 is 2.31 bits per heavy atom. The first-order chi connectivity index (χ1) is 13.8. The van der Waals surface area contributed by atoms with Gasteiger partial charge in [-0.2, -0.15) is 4.31 Å². The summed E-state index contributed by atoms with van der Waals surface area (Å²) in [5.41, 5.74) is 4.50. The van der Waals surface area contributed by atoms with Crippen LogP contribution < -0.4 is 9.64 Å². The molecule has 2 aromatic carbocycles. The number of anilines is 1. The number of benzene rings is 2. The van der Waals surface area contributed by atoms with Crippen LogP contribution in [0.25, 0.3) is 0 Å². The molecule has 0 bridgehead atoms. The lowest BCUT2D eigenvalue weighted by molar-refractivity contribution is 0.146. The first-order valence-electron chi connectivity index (χ1n) is 9.88. The van der Waals surface area contributed by atoms with Crippen molar-refractivity contribution in [2.45, 2.75) is 25.7 Å². The molecule has 6 nitrogen and oxygen atoms in total. The molecule has 0 atom stereocenters. The Kier molecular flexibility index (Phi) is 6.82. The Labute approximate surface area is 174 Å². The quantitative estimate of drug-likeness (QED) is 0.647. The third kappa shape index (κ3) is 4.74. The van der Waals surface area contributed by atoms with Gasteiger partial charge in [0.25, 0.3) is 0 Å². The molecule has 158 valence electrons. The van der Waals surface area contributed by atoms with Crippen LogP contribution in [0.2, 0.25) is 0 Å². The number of hydrogen-bond donors (Lipinski definition) is 0. The summed E-state index contributed by atoms with van der Waals surface area (Å²) in [6, 6.07) is 11.3. The first-order valence-corrected chi connectivity index (χ1v) is 11.3. The molecule has 29 heavy (non-hydrogen) atoms. The molecule has 1 heterocycles. The number of piperazine rings is 1. The fraction of sp³-hybridized carbons (Fsp3) is 0.455. The smallest absolute Gasteiger partial charge is 0.243 e. The van der Waals surface area contributed by atoms with Crippen molar-refractivity contribution in [1.82, 2.24) is 4.31 Å². The normalized spacial score (nSPS) is 15.5. The predicted molar refractivity (Wildman–Crippen MR) is 115 cm³/mol. The van der Waals surface area contributed by atoms with E-state index in [1.807, 2.05) is 6.92 Å². The molecular weight excluding hydrogens is 388 g/mol. The zero-order chi connectivity index (χ0) is 21.0. The number of sulfonamides is 1. The lowest BCUT2D eigenvalue weighted by atomic mass is 10.1. The monoisotopic (exact) mass is 418 g/mol. The van der Waals surface area contributed by atoms with Crippen LogP contribution in [-0.2, 0) is 14.8 Å². The zero-order valence-corrected chi connectivity index (χ0v) is 18.5. The topological polar surface area (TPSA) is 59.1 Å². The van der Waals surface area contributed by atoms with Crippen LogP contribution in [-0.4, -0.2) is 59.2 Å². The fourth-order valence-corrected chi connectivity index (χ4v) is 5.08. The van der Waals surface area contributed by atoms with E-state index in [-0.39, 0.29) is 0 Å². The van der Waals surface area contributed by atoms with E-state index in [9.17, 15) is 8.42 Å². The van der Waals surface area contributed by atoms with Crippen LogP contribution in [0.3, 0.4) is 0 Å². The molecular formula is C22H30N2O4S. The molecule has 2 aromatic rings. The standard InChI is InChI=1S/C22H30N2O4S/c1-17-6-5-7-21(19(17)3)23-10-12-24(13-11-23)29(25,26)20-8-9-22(18(2)16-20)28-15-14-27-4/h5-9,16H,10-15H2,1-4H3.